The van der Waals surface area contributed by atoms with Gasteiger partial charge in [-0.05, 0) is 60.7 Å². The number of benzene rings is 3. The molecule has 0 aliphatic carbocycles. The number of para-hydroxylation sites is 1. The molecule has 0 saturated carbocycles. The van der Waals surface area contributed by atoms with Gasteiger partial charge in [-0.15, -0.1) is 0 Å². The molecule has 4 rings (SSSR count). The predicted octanol–water partition coefficient (Wildman–Crippen LogP) is 6.45. The standard InChI is InChI=1S/C24H15Cl2NO4S2/c1-31-24(30)18-4-2-3-5-19(18)27-22(28)20(32-16-10-6-14(25)7-11-16)21(23(27)29)33-17-12-8-15(26)9-13-17/h2-13H,1H3. The van der Waals surface area contributed by atoms with E-state index in [2.05, 4.69) is 0 Å². The second-order valence-corrected chi connectivity index (χ2v) is 9.77. The average molecular weight is 516 g/mol. The first kappa shape index (κ1) is 23.4. The highest BCUT2D eigenvalue weighted by Gasteiger charge is 2.41. The Hall–Kier alpha value is -2.71. The smallest absolute Gasteiger partial charge is 0.339 e. The second-order valence-electron chi connectivity index (χ2n) is 6.72. The van der Waals surface area contributed by atoms with E-state index in [1.165, 1.54) is 36.7 Å². The number of nitrogens with zero attached hydrogens (tertiary/aromatic N) is 1. The van der Waals surface area contributed by atoms with Gasteiger partial charge in [-0.3, -0.25) is 9.59 Å². The van der Waals surface area contributed by atoms with Crippen LogP contribution in [-0.2, 0) is 14.3 Å². The van der Waals surface area contributed by atoms with Gasteiger partial charge < -0.3 is 4.74 Å². The fourth-order valence-electron chi connectivity index (χ4n) is 3.08. The Morgan fingerprint density at radius 3 is 1.67 bits per heavy atom. The fourth-order valence-corrected chi connectivity index (χ4v) is 5.32. The van der Waals surface area contributed by atoms with E-state index in [0.717, 1.165) is 14.7 Å². The van der Waals surface area contributed by atoms with Crippen LogP contribution in [0.3, 0.4) is 0 Å². The predicted molar refractivity (Wildman–Crippen MR) is 132 cm³/mol. The van der Waals surface area contributed by atoms with Crippen molar-refractivity contribution in [2.75, 3.05) is 12.0 Å². The zero-order valence-electron chi connectivity index (χ0n) is 17.1. The number of hydrogen-bond donors (Lipinski definition) is 0. The first-order chi connectivity index (χ1) is 15.9. The summed E-state index contributed by atoms with van der Waals surface area (Å²) in [6, 6.07) is 20.3. The van der Waals surface area contributed by atoms with Crippen molar-refractivity contribution in [2.24, 2.45) is 0 Å². The molecule has 0 unspecified atom stereocenters. The summed E-state index contributed by atoms with van der Waals surface area (Å²) in [5.74, 6) is -1.68. The van der Waals surface area contributed by atoms with Gasteiger partial charge in [0.15, 0.2) is 0 Å². The molecule has 9 heteroatoms. The third kappa shape index (κ3) is 4.96. The number of hydrogen-bond acceptors (Lipinski definition) is 6. The Morgan fingerprint density at radius 2 is 1.21 bits per heavy atom. The fraction of sp³-hybridized carbons (Fsp3) is 0.0417. The Balaban J connectivity index is 1.78. The van der Waals surface area contributed by atoms with Gasteiger partial charge in [0.05, 0.1) is 28.2 Å². The summed E-state index contributed by atoms with van der Waals surface area (Å²) < 4.78 is 4.84. The van der Waals surface area contributed by atoms with Crippen molar-refractivity contribution in [3.05, 3.63) is 98.2 Å². The quantitative estimate of drug-likeness (QED) is 0.277. The zero-order chi connectivity index (χ0) is 23.5. The van der Waals surface area contributed by atoms with Crippen LogP contribution in [0.1, 0.15) is 10.4 Å². The third-order valence-corrected chi connectivity index (χ3v) is 7.43. The maximum atomic E-state index is 13.5. The van der Waals surface area contributed by atoms with Crippen molar-refractivity contribution in [3.63, 3.8) is 0 Å². The lowest BCUT2D eigenvalue weighted by Crippen LogP contribution is -2.32. The number of amides is 2. The molecule has 3 aromatic carbocycles. The van der Waals surface area contributed by atoms with Crippen LogP contribution >= 0.6 is 46.7 Å². The first-order valence-electron chi connectivity index (χ1n) is 9.56. The maximum Gasteiger partial charge on any atom is 0.339 e. The van der Waals surface area contributed by atoms with Crippen LogP contribution in [-0.4, -0.2) is 24.9 Å². The minimum Gasteiger partial charge on any atom is -0.465 e. The number of carbonyl (C=O) groups is 3. The molecule has 0 fully saturated rings. The van der Waals surface area contributed by atoms with Crippen molar-refractivity contribution < 1.29 is 19.1 Å². The molecule has 2 amide bonds. The highest BCUT2D eigenvalue weighted by Crippen LogP contribution is 2.44. The summed E-state index contributed by atoms with van der Waals surface area (Å²) >= 11 is 14.3. The van der Waals surface area contributed by atoms with Crippen LogP contribution in [0.15, 0.2) is 92.4 Å². The van der Waals surface area contributed by atoms with Gasteiger partial charge in [0, 0.05) is 19.8 Å². The number of carbonyl (C=O) groups excluding carboxylic acids is 3. The largest absolute Gasteiger partial charge is 0.465 e. The molecule has 1 aliphatic rings. The molecular formula is C24H15Cl2NO4S2. The molecule has 0 aromatic heterocycles. The Morgan fingerprint density at radius 1 is 0.758 bits per heavy atom. The van der Waals surface area contributed by atoms with Crippen LogP contribution in [0.5, 0.6) is 0 Å². The highest BCUT2D eigenvalue weighted by atomic mass is 35.5. The number of anilines is 1. The molecule has 1 aliphatic heterocycles. The molecule has 0 atom stereocenters. The molecule has 5 nitrogen and oxygen atoms in total. The van der Waals surface area contributed by atoms with Crippen LogP contribution in [0, 0.1) is 0 Å². The van der Waals surface area contributed by atoms with Crippen molar-refractivity contribution in [2.45, 2.75) is 9.79 Å². The molecule has 1 heterocycles. The van der Waals surface area contributed by atoms with E-state index in [9.17, 15) is 14.4 Å². The SMILES string of the molecule is COC(=O)c1ccccc1N1C(=O)C(Sc2ccc(Cl)cc2)=C(Sc2ccc(Cl)cc2)C1=O. The van der Waals surface area contributed by atoms with E-state index in [1.54, 1.807) is 66.7 Å². The van der Waals surface area contributed by atoms with E-state index in [-0.39, 0.29) is 21.1 Å². The Bertz CT molecular complexity index is 1200. The van der Waals surface area contributed by atoms with Crippen LogP contribution in [0.2, 0.25) is 10.0 Å². The summed E-state index contributed by atoms with van der Waals surface area (Å²) in [6.45, 7) is 0. The second kappa shape index (κ2) is 10.1. The third-order valence-electron chi connectivity index (χ3n) is 4.62. The van der Waals surface area contributed by atoms with Gasteiger partial charge >= 0.3 is 5.97 Å². The van der Waals surface area contributed by atoms with Crippen LogP contribution in [0.25, 0.3) is 0 Å². The molecule has 33 heavy (non-hydrogen) atoms. The molecular weight excluding hydrogens is 501 g/mol. The van der Waals surface area contributed by atoms with Gasteiger partial charge in [0.25, 0.3) is 11.8 Å². The molecule has 0 radical (unpaired) electrons. The summed E-state index contributed by atoms with van der Waals surface area (Å²) in [5, 5.41) is 1.12. The van der Waals surface area contributed by atoms with E-state index in [1.807, 2.05) is 0 Å². The van der Waals surface area contributed by atoms with Crippen molar-refractivity contribution in [1.82, 2.24) is 0 Å². The number of esters is 1. The van der Waals surface area contributed by atoms with Crippen molar-refractivity contribution >= 4 is 70.2 Å². The van der Waals surface area contributed by atoms with Gasteiger partial charge in [-0.1, -0.05) is 58.9 Å². The molecule has 0 bridgehead atoms. The minimum atomic E-state index is -0.642. The van der Waals surface area contributed by atoms with Gasteiger partial charge in [-0.2, -0.15) is 0 Å². The zero-order valence-corrected chi connectivity index (χ0v) is 20.2. The lowest BCUT2D eigenvalue weighted by molar-refractivity contribution is -0.120. The number of rotatable bonds is 6. The van der Waals surface area contributed by atoms with E-state index in [0.29, 0.717) is 10.0 Å². The molecule has 0 spiro atoms. The molecule has 3 aromatic rings. The monoisotopic (exact) mass is 515 g/mol. The van der Waals surface area contributed by atoms with E-state index >= 15 is 0 Å². The van der Waals surface area contributed by atoms with E-state index < -0.39 is 17.8 Å². The van der Waals surface area contributed by atoms with Gasteiger partial charge in [-0.25, -0.2) is 9.69 Å². The number of ether oxygens (including phenoxy) is 1. The topological polar surface area (TPSA) is 63.7 Å². The summed E-state index contributed by atoms with van der Waals surface area (Å²) in [6.07, 6.45) is 0. The summed E-state index contributed by atoms with van der Waals surface area (Å²) in [4.78, 5) is 42.3. The molecule has 0 N–H and O–H groups in total. The molecule has 166 valence electrons. The summed E-state index contributed by atoms with van der Waals surface area (Å²) in [5.41, 5.74) is 0.288. The number of methoxy groups -OCH3 is 1. The average Bonchev–Trinajstić information content (AvgIpc) is 3.05. The van der Waals surface area contributed by atoms with Gasteiger partial charge in [0.2, 0.25) is 0 Å². The summed E-state index contributed by atoms with van der Waals surface area (Å²) in [7, 11) is 1.24. The lowest BCUT2D eigenvalue weighted by Gasteiger charge is -2.18. The van der Waals surface area contributed by atoms with Crippen LogP contribution in [0.4, 0.5) is 5.69 Å². The Labute approximate surface area is 208 Å². The number of thioether (sulfide) groups is 2. The van der Waals surface area contributed by atoms with Crippen LogP contribution < -0.4 is 4.90 Å². The number of imide groups is 1. The lowest BCUT2D eigenvalue weighted by atomic mass is 10.1. The maximum absolute atomic E-state index is 13.5. The molecule has 0 saturated heterocycles. The normalized spacial score (nSPS) is 13.6. The van der Waals surface area contributed by atoms with E-state index in [4.69, 9.17) is 27.9 Å². The van der Waals surface area contributed by atoms with Crippen molar-refractivity contribution in [1.29, 1.82) is 0 Å². The minimum absolute atomic E-state index is 0.121. The number of halogens is 2. The Kier molecular flexibility index (Phi) is 7.14. The first-order valence-corrected chi connectivity index (χ1v) is 11.9. The van der Waals surface area contributed by atoms with Gasteiger partial charge in [0.1, 0.15) is 0 Å². The highest BCUT2D eigenvalue weighted by molar-refractivity contribution is 8.08. The van der Waals surface area contributed by atoms with Crippen molar-refractivity contribution in [3.8, 4) is 0 Å².